The topological polar surface area (TPSA) is 83.5 Å². The first kappa shape index (κ1) is 16.5. The minimum atomic E-state index is -4.36. The Hall–Kier alpha value is -1.89. The smallest absolute Gasteiger partial charge is 0.294 e. The molecule has 7 heteroatoms. The standard InChI is InChI=1S/C15H14ClNO4S/c1-2-10-3-5-11(6-4-10)15(18)17-14-9-12(22(19,20)21)7-8-13(14)16/h3-9H,2H2,1H3,(H,17,18)(H,19,20,21). The van der Waals surface area contributed by atoms with Crippen molar-refractivity contribution in [1.82, 2.24) is 0 Å². The summed E-state index contributed by atoms with van der Waals surface area (Å²) >= 11 is 5.93. The SMILES string of the molecule is CCc1ccc(C(=O)Nc2cc(S(=O)(=O)O)ccc2Cl)cc1. The van der Waals surface area contributed by atoms with E-state index in [1.165, 1.54) is 6.07 Å². The predicted molar refractivity (Wildman–Crippen MR) is 85.0 cm³/mol. The van der Waals surface area contributed by atoms with E-state index >= 15 is 0 Å². The lowest BCUT2D eigenvalue weighted by Crippen LogP contribution is -2.13. The molecule has 0 fully saturated rings. The number of nitrogens with one attached hydrogen (secondary N) is 1. The Bertz CT molecular complexity index is 801. The summed E-state index contributed by atoms with van der Waals surface area (Å²) in [4.78, 5) is 11.8. The lowest BCUT2D eigenvalue weighted by molar-refractivity contribution is 0.102. The molecule has 0 aliphatic heterocycles. The highest BCUT2D eigenvalue weighted by atomic mass is 35.5. The van der Waals surface area contributed by atoms with Gasteiger partial charge in [0.15, 0.2) is 0 Å². The maximum Gasteiger partial charge on any atom is 0.294 e. The van der Waals surface area contributed by atoms with Crippen LogP contribution in [-0.4, -0.2) is 18.9 Å². The van der Waals surface area contributed by atoms with Crippen LogP contribution >= 0.6 is 11.6 Å². The van der Waals surface area contributed by atoms with Crippen LogP contribution in [0.15, 0.2) is 47.4 Å². The highest BCUT2D eigenvalue weighted by molar-refractivity contribution is 7.85. The van der Waals surface area contributed by atoms with Gasteiger partial charge in [-0.3, -0.25) is 9.35 Å². The number of hydrogen-bond acceptors (Lipinski definition) is 3. The summed E-state index contributed by atoms with van der Waals surface area (Å²) in [7, 11) is -4.36. The van der Waals surface area contributed by atoms with Gasteiger partial charge in [0.2, 0.25) is 0 Å². The Morgan fingerprint density at radius 3 is 2.36 bits per heavy atom. The molecule has 5 nitrogen and oxygen atoms in total. The first-order chi connectivity index (χ1) is 10.3. The van der Waals surface area contributed by atoms with Crippen LogP contribution < -0.4 is 5.32 Å². The van der Waals surface area contributed by atoms with Crippen LogP contribution in [-0.2, 0) is 16.5 Å². The van der Waals surface area contributed by atoms with E-state index in [-0.39, 0.29) is 15.6 Å². The lowest BCUT2D eigenvalue weighted by atomic mass is 10.1. The summed E-state index contributed by atoms with van der Waals surface area (Å²) in [5, 5.41) is 2.70. The summed E-state index contributed by atoms with van der Waals surface area (Å²) in [5.74, 6) is -0.419. The Labute approximate surface area is 133 Å². The fourth-order valence-corrected chi connectivity index (χ4v) is 2.52. The van der Waals surface area contributed by atoms with E-state index in [0.29, 0.717) is 5.56 Å². The lowest BCUT2D eigenvalue weighted by Gasteiger charge is -2.09. The normalized spacial score (nSPS) is 11.2. The Morgan fingerprint density at radius 2 is 1.82 bits per heavy atom. The molecule has 0 saturated carbocycles. The van der Waals surface area contributed by atoms with Gasteiger partial charge in [0.25, 0.3) is 16.0 Å². The molecule has 0 aliphatic carbocycles. The molecule has 2 N–H and O–H groups in total. The highest BCUT2D eigenvalue weighted by Gasteiger charge is 2.14. The molecule has 0 aliphatic rings. The number of rotatable bonds is 4. The second kappa shape index (κ2) is 6.48. The van der Waals surface area contributed by atoms with Crippen molar-refractivity contribution < 1.29 is 17.8 Å². The van der Waals surface area contributed by atoms with Crippen molar-refractivity contribution >= 4 is 33.3 Å². The fourth-order valence-electron chi connectivity index (χ4n) is 1.85. The molecule has 2 aromatic rings. The van der Waals surface area contributed by atoms with Gasteiger partial charge in [0.05, 0.1) is 15.6 Å². The molecule has 0 aromatic heterocycles. The molecule has 0 spiro atoms. The van der Waals surface area contributed by atoms with Crippen molar-refractivity contribution in [3.8, 4) is 0 Å². The molecule has 22 heavy (non-hydrogen) atoms. The molecule has 0 bridgehead atoms. The van der Waals surface area contributed by atoms with Crippen LogP contribution in [0, 0.1) is 0 Å². The molecule has 2 rings (SSSR count). The van der Waals surface area contributed by atoms with Gasteiger partial charge in [0.1, 0.15) is 0 Å². The summed E-state index contributed by atoms with van der Waals surface area (Å²) in [6, 6.07) is 10.6. The van der Waals surface area contributed by atoms with Crippen molar-refractivity contribution in [2.75, 3.05) is 5.32 Å². The van der Waals surface area contributed by atoms with Crippen LogP contribution in [0.5, 0.6) is 0 Å². The Kier molecular flexibility index (Phi) is 4.85. The maximum atomic E-state index is 12.1. The zero-order chi connectivity index (χ0) is 16.3. The van der Waals surface area contributed by atoms with Crippen molar-refractivity contribution in [1.29, 1.82) is 0 Å². The average Bonchev–Trinajstić information content (AvgIpc) is 2.48. The minimum absolute atomic E-state index is 0.112. The third kappa shape index (κ3) is 3.85. The zero-order valence-corrected chi connectivity index (χ0v) is 13.3. The first-order valence-corrected chi connectivity index (χ1v) is 8.30. The monoisotopic (exact) mass is 339 g/mol. The molecule has 1 amide bonds. The molecular weight excluding hydrogens is 326 g/mol. The highest BCUT2D eigenvalue weighted by Crippen LogP contribution is 2.25. The second-order valence-corrected chi connectivity index (χ2v) is 6.45. The Morgan fingerprint density at radius 1 is 1.18 bits per heavy atom. The number of carbonyl (C=O) groups is 1. The van der Waals surface area contributed by atoms with Gasteiger partial charge in [-0.05, 0) is 42.3 Å². The number of halogens is 1. The summed E-state index contributed by atoms with van der Waals surface area (Å²) < 4.78 is 31.3. The van der Waals surface area contributed by atoms with Crippen LogP contribution in [0.2, 0.25) is 5.02 Å². The van der Waals surface area contributed by atoms with Crippen LogP contribution in [0.1, 0.15) is 22.8 Å². The molecule has 116 valence electrons. The number of hydrogen-bond donors (Lipinski definition) is 2. The molecular formula is C15H14ClNO4S. The van der Waals surface area contributed by atoms with Gasteiger partial charge in [-0.2, -0.15) is 8.42 Å². The fraction of sp³-hybridized carbons (Fsp3) is 0.133. The molecule has 0 radical (unpaired) electrons. The number of amides is 1. The third-order valence-corrected chi connectivity index (χ3v) is 4.29. The van der Waals surface area contributed by atoms with E-state index in [1.807, 2.05) is 19.1 Å². The van der Waals surface area contributed by atoms with E-state index in [2.05, 4.69) is 5.32 Å². The third-order valence-electron chi connectivity index (χ3n) is 3.11. The van der Waals surface area contributed by atoms with E-state index in [4.69, 9.17) is 16.2 Å². The van der Waals surface area contributed by atoms with Gasteiger partial charge in [0, 0.05) is 5.56 Å². The van der Waals surface area contributed by atoms with Crippen LogP contribution in [0.3, 0.4) is 0 Å². The van der Waals surface area contributed by atoms with Crippen molar-refractivity contribution in [2.45, 2.75) is 18.2 Å². The minimum Gasteiger partial charge on any atom is -0.321 e. The van der Waals surface area contributed by atoms with Crippen LogP contribution in [0.25, 0.3) is 0 Å². The number of aryl methyl sites for hydroxylation is 1. The Balaban J connectivity index is 2.27. The van der Waals surface area contributed by atoms with Gasteiger partial charge in [-0.1, -0.05) is 30.7 Å². The molecule has 0 atom stereocenters. The van der Waals surface area contributed by atoms with Crippen molar-refractivity contribution in [3.63, 3.8) is 0 Å². The van der Waals surface area contributed by atoms with E-state index < -0.39 is 16.0 Å². The zero-order valence-electron chi connectivity index (χ0n) is 11.7. The first-order valence-electron chi connectivity index (χ1n) is 6.48. The predicted octanol–water partition coefficient (Wildman–Crippen LogP) is 3.40. The second-order valence-electron chi connectivity index (χ2n) is 4.62. The van der Waals surface area contributed by atoms with Crippen LogP contribution in [0.4, 0.5) is 5.69 Å². The van der Waals surface area contributed by atoms with Gasteiger partial charge < -0.3 is 5.32 Å². The summed E-state index contributed by atoms with van der Waals surface area (Å²) in [6.07, 6.45) is 0.865. The maximum absolute atomic E-state index is 12.1. The molecule has 0 unspecified atom stereocenters. The number of carbonyl (C=O) groups excluding carboxylic acids is 1. The van der Waals surface area contributed by atoms with E-state index in [9.17, 15) is 13.2 Å². The van der Waals surface area contributed by atoms with Crippen molar-refractivity contribution in [3.05, 3.63) is 58.6 Å². The van der Waals surface area contributed by atoms with Gasteiger partial charge in [-0.15, -0.1) is 0 Å². The van der Waals surface area contributed by atoms with E-state index in [0.717, 1.165) is 24.1 Å². The summed E-state index contributed by atoms with van der Waals surface area (Å²) in [6.45, 7) is 2.01. The molecule has 2 aromatic carbocycles. The summed E-state index contributed by atoms with van der Waals surface area (Å²) in [5.41, 5.74) is 1.63. The van der Waals surface area contributed by atoms with Gasteiger partial charge in [-0.25, -0.2) is 0 Å². The van der Waals surface area contributed by atoms with Gasteiger partial charge >= 0.3 is 0 Å². The quantitative estimate of drug-likeness (QED) is 0.836. The van der Waals surface area contributed by atoms with E-state index in [1.54, 1.807) is 12.1 Å². The molecule has 0 heterocycles. The molecule has 0 saturated heterocycles. The van der Waals surface area contributed by atoms with Crippen molar-refractivity contribution in [2.24, 2.45) is 0 Å². The number of anilines is 1. The average molecular weight is 340 g/mol. The largest absolute Gasteiger partial charge is 0.321 e. The number of benzene rings is 2.